The number of non-ortho nitro benzene ring substituents is 1. The van der Waals surface area contributed by atoms with Crippen LogP contribution in [-0.4, -0.2) is 62.2 Å². The molecule has 0 unspecified atom stereocenters. The summed E-state index contributed by atoms with van der Waals surface area (Å²) in [5, 5.41) is 26.1. The molecule has 1 aliphatic rings. The third-order valence-corrected chi connectivity index (χ3v) is 4.43. The number of nitro benzene ring substituents is 1. The number of morpholine rings is 1. The summed E-state index contributed by atoms with van der Waals surface area (Å²) >= 11 is 0. The molecule has 1 fully saturated rings. The van der Waals surface area contributed by atoms with Crippen LogP contribution < -0.4 is 20.6 Å². The number of quaternary nitrogens is 2. The smallest absolute Gasteiger partial charge is 0.271 e. The molecule has 0 radical (unpaired) electrons. The molecule has 1 aliphatic heterocycles. The summed E-state index contributed by atoms with van der Waals surface area (Å²) in [6.07, 6.45) is 0.557. The van der Waals surface area contributed by atoms with Crippen LogP contribution in [0.25, 0.3) is 0 Å². The number of hydrogen-bond donors (Lipinski definition) is 3. The van der Waals surface area contributed by atoms with Crippen molar-refractivity contribution in [2.45, 2.75) is 18.9 Å². The molecule has 148 valence electrons. The number of benzene rings is 1. The van der Waals surface area contributed by atoms with Gasteiger partial charge >= 0.3 is 0 Å². The Morgan fingerprint density at radius 2 is 2.07 bits per heavy atom. The Morgan fingerprint density at radius 1 is 1.33 bits per heavy atom. The molecule has 10 nitrogen and oxygen atoms in total. The molecule has 1 aromatic rings. The van der Waals surface area contributed by atoms with Gasteiger partial charge in [-0.05, 0) is 6.07 Å². The second-order valence-corrected chi connectivity index (χ2v) is 6.48. The highest BCUT2D eigenvalue weighted by Gasteiger charge is 2.20. The fourth-order valence-corrected chi connectivity index (χ4v) is 2.95. The number of hydrogen-bond acceptors (Lipinski definition) is 6. The number of carbonyl (C=O) groups excluding carboxylic acids is 2. The molecule has 1 aromatic carbocycles. The first-order chi connectivity index (χ1) is 13.0. The van der Waals surface area contributed by atoms with E-state index in [4.69, 9.17) is 4.74 Å². The number of aliphatic carboxylic acids is 1. The van der Waals surface area contributed by atoms with E-state index >= 15 is 0 Å². The minimum Gasteiger partial charge on any atom is -0.544 e. The fraction of sp³-hybridized carbons (Fsp3) is 0.529. The van der Waals surface area contributed by atoms with E-state index in [1.807, 2.05) is 0 Å². The molecule has 10 heteroatoms. The Hall–Kier alpha value is -2.56. The standard InChI is InChI=1S/C17H24N4O6/c22-16(19-13-3-1-4-14(11-13)21(25)26)12-15(17(23)24)18-5-2-6-20-7-9-27-10-8-20/h1,3-4,11,15,18H,2,5-10,12H2,(H,19,22)(H,23,24)/p+1/t15-/m1/s1. The largest absolute Gasteiger partial charge is 0.544 e. The monoisotopic (exact) mass is 381 g/mol. The topological polar surface area (TPSA) is 143 Å². The van der Waals surface area contributed by atoms with Crippen LogP contribution >= 0.6 is 0 Å². The highest BCUT2D eigenvalue weighted by molar-refractivity contribution is 5.93. The van der Waals surface area contributed by atoms with Crippen LogP contribution in [0.15, 0.2) is 24.3 Å². The molecule has 0 saturated carbocycles. The van der Waals surface area contributed by atoms with E-state index in [9.17, 15) is 24.8 Å². The first kappa shape index (κ1) is 20.7. The Kier molecular flexibility index (Phi) is 8.11. The number of anilines is 1. The maximum atomic E-state index is 12.1. The zero-order valence-electron chi connectivity index (χ0n) is 15.0. The number of nitrogens with one attached hydrogen (secondary N) is 2. The van der Waals surface area contributed by atoms with Crippen molar-refractivity contribution in [2.75, 3.05) is 44.7 Å². The predicted molar refractivity (Wildman–Crippen MR) is 92.9 cm³/mol. The highest BCUT2D eigenvalue weighted by Crippen LogP contribution is 2.17. The fourth-order valence-electron chi connectivity index (χ4n) is 2.95. The SMILES string of the molecule is O=C(C[C@@H]([NH2+]CCC[NH+]1CCOCC1)C(=O)[O-])Nc1cccc([N+](=O)[O-])c1. The third kappa shape index (κ3) is 7.29. The number of carboxylic acid groups (broad SMARTS) is 1. The summed E-state index contributed by atoms with van der Waals surface area (Å²) in [4.78, 5) is 35.0. The lowest BCUT2D eigenvalue weighted by Gasteiger charge is -2.23. The van der Waals surface area contributed by atoms with E-state index < -0.39 is 22.8 Å². The predicted octanol–water partition coefficient (Wildman–Crippen LogP) is -3.09. The number of ether oxygens (including phenoxy) is 1. The van der Waals surface area contributed by atoms with Crippen molar-refractivity contribution in [3.8, 4) is 0 Å². The summed E-state index contributed by atoms with van der Waals surface area (Å²) in [5.74, 6) is -1.83. The van der Waals surface area contributed by atoms with Crippen LogP contribution in [0.4, 0.5) is 11.4 Å². The van der Waals surface area contributed by atoms with Gasteiger partial charge in [-0.25, -0.2) is 0 Å². The molecule has 4 N–H and O–H groups in total. The summed E-state index contributed by atoms with van der Waals surface area (Å²) in [7, 11) is 0. The van der Waals surface area contributed by atoms with Crippen LogP contribution in [0.2, 0.25) is 0 Å². The Labute approximate surface area is 156 Å². The van der Waals surface area contributed by atoms with Gasteiger partial charge in [-0.3, -0.25) is 14.9 Å². The number of nitro groups is 1. The average Bonchev–Trinajstić information content (AvgIpc) is 2.65. The summed E-state index contributed by atoms with van der Waals surface area (Å²) in [6, 6.07) is 4.49. The molecule has 1 saturated heterocycles. The first-order valence-corrected chi connectivity index (χ1v) is 8.95. The highest BCUT2D eigenvalue weighted by atomic mass is 16.6. The Balaban J connectivity index is 1.77. The number of nitrogens with two attached hydrogens (primary N) is 1. The number of nitrogens with zero attached hydrogens (tertiary/aromatic N) is 1. The van der Waals surface area contributed by atoms with Crippen LogP contribution in [-0.2, 0) is 14.3 Å². The van der Waals surface area contributed by atoms with E-state index in [2.05, 4.69) is 5.32 Å². The molecule has 27 heavy (non-hydrogen) atoms. The van der Waals surface area contributed by atoms with Crippen LogP contribution in [0.3, 0.4) is 0 Å². The maximum absolute atomic E-state index is 12.1. The first-order valence-electron chi connectivity index (χ1n) is 8.95. The molecule has 0 aliphatic carbocycles. The minimum atomic E-state index is -1.30. The summed E-state index contributed by atoms with van der Waals surface area (Å²) in [5.41, 5.74) is 0.101. The molecule has 1 amide bonds. The summed E-state index contributed by atoms with van der Waals surface area (Å²) in [6.45, 7) is 4.91. The lowest BCUT2D eigenvalue weighted by molar-refractivity contribution is -0.909. The van der Waals surface area contributed by atoms with Crippen LogP contribution in [0, 0.1) is 10.1 Å². The quantitative estimate of drug-likeness (QED) is 0.223. The van der Waals surface area contributed by atoms with Gasteiger partial charge in [0, 0.05) is 24.2 Å². The summed E-state index contributed by atoms with van der Waals surface area (Å²) < 4.78 is 5.29. The minimum absolute atomic E-state index is 0.151. The number of rotatable bonds is 10. The van der Waals surface area contributed by atoms with E-state index in [1.54, 1.807) is 5.32 Å². The third-order valence-electron chi connectivity index (χ3n) is 4.43. The lowest BCUT2D eigenvalue weighted by Crippen LogP contribution is -3.14. The lowest BCUT2D eigenvalue weighted by atomic mass is 10.2. The van der Waals surface area contributed by atoms with Gasteiger partial charge < -0.3 is 30.2 Å². The van der Waals surface area contributed by atoms with Gasteiger partial charge in [0.1, 0.15) is 19.1 Å². The van der Waals surface area contributed by atoms with Crippen molar-refractivity contribution >= 4 is 23.3 Å². The van der Waals surface area contributed by atoms with Crippen molar-refractivity contribution in [2.24, 2.45) is 0 Å². The maximum Gasteiger partial charge on any atom is 0.271 e. The Morgan fingerprint density at radius 3 is 2.74 bits per heavy atom. The van der Waals surface area contributed by atoms with Crippen molar-refractivity contribution in [1.82, 2.24) is 0 Å². The van der Waals surface area contributed by atoms with Gasteiger partial charge in [-0.2, -0.15) is 0 Å². The van der Waals surface area contributed by atoms with Gasteiger partial charge in [0.05, 0.1) is 43.6 Å². The van der Waals surface area contributed by atoms with Gasteiger partial charge in [-0.15, -0.1) is 0 Å². The second kappa shape index (κ2) is 10.6. The average molecular weight is 381 g/mol. The van der Waals surface area contributed by atoms with Gasteiger partial charge in [0.15, 0.2) is 0 Å². The molecule has 2 rings (SSSR count). The number of amides is 1. The van der Waals surface area contributed by atoms with E-state index in [0.29, 0.717) is 6.54 Å². The van der Waals surface area contributed by atoms with E-state index in [0.717, 1.165) is 39.3 Å². The van der Waals surface area contributed by atoms with Crippen molar-refractivity contribution in [1.29, 1.82) is 0 Å². The Bertz CT molecular complexity index is 663. The molecule has 0 spiro atoms. The van der Waals surface area contributed by atoms with Crippen molar-refractivity contribution < 1.29 is 34.6 Å². The van der Waals surface area contributed by atoms with Crippen molar-refractivity contribution in [3.63, 3.8) is 0 Å². The zero-order chi connectivity index (χ0) is 19.6. The molecule has 0 bridgehead atoms. The molecule has 1 atom stereocenters. The van der Waals surface area contributed by atoms with E-state index in [1.165, 1.54) is 29.2 Å². The van der Waals surface area contributed by atoms with Gasteiger partial charge in [-0.1, -0.05) is 6.07 Å². The number of carbonyl (C=O) groups is 2. The van der Waals surface area contributed by atoms with Gasteiger partial charge in [0.2, 0.25) is 5.91 Å². The van der Waals surface area contributed by atoms with Crippen LogP contribution in [0.5, 0.6) is 0 Å². The molecule has 0 aromatic heterocycles. The van der Waals surface area contributed by atoms with E-state index in [-0.39, 0.29) is 17.8 Å². The molecular formula is C17H25N4O6+. The van der Waals surface area contributed by atoms with Gasteiger partial charge in [0.25, 0.3) is 5.69 Å². The second-order valence-electron chi connectivity index (χ2n) is 6.48. The van der Waals surface area contributed by atoms with Crippen LogP contribution in [0.1, 0.15) is 12.8 Å². The van der Waals surface area contributed by atoms with Crippen molar-refractivity contribution in [3.05, 3.63) is 34.4 Å². The molecule has 1 heterocycles. The number of carboxylic acids is 1. The molecular weight excluding hydrogens is 356 g/mol. The normalized spacial score (nSPS) is 15.9. The zero-order valence-corrected chi connectivity index (χ0v) is 15.0.